The van der Waals surface area contributed by atoms with E-state index in [0.29, 0.717) is 43.7 Å². The molecule has 18 heteroatoms. The summed E-state index contributed by atoms with van der Waals surface area (Å²) in [5.41, 5.74) is 1.13. The van der Waals surface area contributed by atoms with E-state index in [4.69, 9.17) is 14.2 Å². The summed E-state index contributed by atoms with van der Waals surface area (Å²) >= 11 is 0. The van der Waals surface area contributed by atoms with Gasteiger partial charge in [0.05, 0.1) is 48.0 Å². The van der Waals surface area contributed by atoms with Crippen molar-refractivity contribution < 1.29 is 52.6 Å². The van der Waals surface area contributed by atoms with E-state index in [-0.39, 0.29) is 48.6 Å². The Bertz CT molecular complexity index is 2470. The largest absolute Gasteiger partial charge is 0.458 e. The minimum absolute atomic E-state index is 0.0914. The van der Waals surface area contributed by atoms with Crippen LogP contribution in [0.4, 0.5) is 11.4 Å². The van der Waals surface area contributed by atoms with Crippen LogP contribution in [-0.4, -0.2) is 158 Å². The molecule has 0 spiro atoms. The number of carbonyl (C=O) groups is 8. The van der Waals surface area contributed by atoms with Crippen molar-refractivity contribution in [2.75, 3.05) is 57.7 Å². The molecule has 2 aromatic rings. The Kier molecular flexibility index (Phi) is 21.1. The van der Waals surface area contributed by atoms with Crippen molar-refractivity contribution in [2.24, 2.45) is 23.7 Å². The average molecular weight is 1050 g/mol. The summed E-state index contributed by atoms with van der Waals surface area (Å²) in [6, 6.07) is 10.0. The summed E-state index contributed by atoms with van der Waals surface area (Å²) in [5, 5.41) is 5.92. The summed E-state index contributed by atoms with van der Waals surface area (Å²) in [5.74, 6) is -4.92. The fourth-order valence-corrected chi connectivity index (χ4v) is 10.7. The van der Waals surface area contributed by atoms with Gasteiger partial charge in [0.1, 0.15) is 23.7 Å². The number of ether oxygens (including phenoxy) is 3. The standard InChI is InChI=1S/C58H83N7O11/c1-15-37(6)51(45(74-13)34-48(68)64-29-19-24-43(64)52(75-14)38(7)53(69)59-41(57(73)76-58(8,9)10)32-39-22-17-16-18-23-39)62(12)56(72)49(35(2)3)60-54(70)50(36(4)5)61(11)55(71)40-27-28-42(63-30-20-25-46(63)66)44(33-40)65-31-21-26-47(65)67/h16-18,20-23,25-28,33,35-38,41,43,45,49-52H,15,19,24,29-32,34H2,1-14H3,(H,59,69)(H,60,70). The third kappa shape index (κ3) is 14.5. The molecule has 3 heterocycles. The number of rotatable bonds is 24. The topological polar surface area (TPSA) is 205 Å². The number of likely N-dealkylation sites (N-methyl/N-ethyl adjacent to an activating group) is 2. The zero-order chi connectivity index (χ0) is 56.3. The first-order chi connectivity index (χ1) is 35.8. The highest BCUT2D eigenvalue weighted by molar-refractivity contribution is 6.12. The molecule has 5 rings (SSSR count). The van der Waals surface area contributed by atoms with Crippen LogP contribution in [0.1, 0.15) is 111 Å². The minimum atomic E-state index is -1.03. The van der Waals surface area contributed by atoms with Gasteiger partial charge in [0, 0.05) is 72.1 Å². The molecule has 2 aromatic carbocycles. The third-order valence-electron chi connectivity index (χ3n) is 14.9. The maximum Gasteiger partial charge on any atom is 0.329 e. The Morgan fingerprint density at radius 3 is 1.92 bits per heavy atom. The smallest absolute Gasteiger partial charge is 0.329 e. The Morgan fingerprint density at radius 1 is 0.776 bits per heavy atom. The van der Waals surface area contributed by atoms with Gasteiger partial charge in [-0.15, -0.1) is 0 Å². The molecule has 0 aromatic heterocycles. The highest BCUT2D eigenvalue weighted by Gasteiger charge is 2.44. The Morgan fingerprint density at radius 2 is 1.39 bits per heavy atom. The molecule has 416 valence electrons. The van der Waals surface area contributed by atoms with Gasteiger partial charge in [-0.1, -0.05) is 97.4 Å². The van der Waals surface area contributed by atoms with Crippen LogP contribution in [0.25, 0.3) is 0 Å². The number of amides is 7. The van der Waals surface area contributed by atoms with E-state index in [1.165, 1.54) is 48.1 Å². The first-order valence-corrected chi connectivity index (χ1v) is 26.7. The van der Waals surface area contributed by atoms with Crippen LogP contribution >= 0.6 is 0 Å². The number of nitrogens with one attached hydrogen (secondary N) is 2. The van der Waals surface area contributed by atoms with Crippen LogP contribution in [0, 0.1) is 23.7 Å². The van der Waals surface area contributed by atoms with E-state index < -0.39 is 95.4 Å². The van der Waals surface area contributed by atoms with Crippen molar-refractivity contribution in [3.63, 3.8) is 0 Å². The quantitative estimate of drug-likeness (QED) is 0.122. The molecule has 1 saturated heterocycles. The number of esters is 1. The molecule has 3 aliphatic heterocycles. The van der Waals surface area contributed by atoms with Crippen LogP contribution in [0.15, 0.2) is 72.8 Å². The summed E-state index contributed by atoms with van der Waals surface area (Å²) in [6.45, 7) is 19.3. The maximum atomic E-state index is 14.9. The van der Waals surface area contributed by atoms with Crippen LogP contribution in [-0.2, 0) is 54.2 Å². The monoisotopic (exact) mass is 1050 g/mol. The summed E-state index contributed by atoms with van der Waals surface area (Å²) in [4.78, 5) is 119. The van der Waals surface area contributed by atoms with E-state index in [9.17, 15) is 38.4 Å². The summed E-state index contributed by atoms with van der Waals surface area (Å²) < 4.78 is 17.8. The molecule has 3 aliphatic rings. The van der Waals surface area contributed by atoms with Gasteiger partial charge in [0.15, 0.2) is 0 Å². The predicted octanol–water partition coefficient (Wildman–Crippen LogP) is 5.72. The van der Waals surface area contributed by atoms with Gasteiger partial charge in [0.2, 0.25) is 23.6 Å². The SMILES string of the molecule is CCC(C)C(C(CC(=O)N1CCCC1C(OC)C(C)C(=O)NC(Cc1ccccc1)C(=O)OC(C)(C)C)OC)N(C)C(=O)C(NC(=O)C(C(C)C)N(C)C(=O)c1ccc(N2CC=CC2=O)c(N2CC=CC2=O)c1)C(C)C. The molecule has 9 unspecified atom stereocenters. The lowest BCUT2D eigenvalue weighted by molar-refractivity contribution is -0.159. The van der Waals surface area contributed by atoms with E-state index >= 15 is 0 Å². The normalized spacial score (nSPS) is 18.8. The van der Waals surface area contributed by atoms with Crippen molar-refractivity contribution in [1.82, 2.24) is 25.3 Å². The lowest BCUT2D eigenvalue weighted by Crippen LogP contribution is -2.60. The predicted molar refractivity (Wildman–Crippen MR) is 291 cm³/mol. The molecular formula is C58H83N7O11. The van der Waals surface area contributed by atoms with E-state index in [1.807, 2.05) is 71.9 Å². The number of likely N-dealkylation sites (tertiary alicyclic amines) is 1. The molecule has 7 amide bonds. The van der Waals surface area contributed by atoms with Crippen molar-refractivity contribution in [3.8, 4) is 0 Å². The first-order valence-electron chi connectivity index (χ1n) is 26.7. The van der Waals surface area contributed by atoms with Gasteiger partial charge in [-0.25, -0.2) is 4.79 Å². The van der Waals surface area contributed by atoms with Gasteiger partial charge < -0.3 is 49.3 Å². The maximum absolute atomic E-state index is 14.9. The molecule has 76 heavy (non-hydrogen) atoms. The average Bonchev–Trinajstić information content (AvgIpc) is 4.15. The Labute approximate surface area is 449 Å². The van der Waals surface area contributed by atoms with Gasteiger partial charge in [-0.2, -0.15) is 0 Å². The molecule has 0 radical (unpaired) electrons. The highest BCUT2D eigenvalue weighted by Crippen LogP contribution is 2.35. The number of hydrogen-bond acceptors (Lipinski definition) is 11. The number of carbonyl (C=O) groups excluding carboxylic acids is 8. The van der Waals surface area contributed by atoms with Crippen molar-refractivity contribution in [2.45, 2.75) is 149 Å². The van der Waals surface area contributed by atoms with Gasteiger partial charge in [-0.3, -0.25) is 33.6 Å². The molecule has 9 atom stereocenters. The second-order valence-corrected chi connectivity index (χ2v) is 22.1. The summed E-state index contributed by atoms with van der Waals surface area (Å²) in [7, 11) is 6.20. The second-order valence-electron chi connectivity index (χ2n) is 22.1. The zero-order valence-electron chi connectivity index (χ0n) is 47.2. The lowest BCUT2D eigenvalue weighted by Gasteiger charge is -2.41. The second kappa shape index (κ2) is 26.6. The van der Waals surface area contributed by atoms with E-state index in [0.717, 1.165) is 5.56 Å². The number of hydrogen-bond donors (Lipinski definition) is 2. The fraction of sp³-hybridized carbons (Fsp3) is 0.586. The minimum Gasteiger partial charge on any atom is -0.458 e. The first kappa shape index (κ1) is 60.5. The van der Waals surface area contributed by atoms with Crippen molar-refractivity contribution in [1.29, 1.82) is 0 Å². The Balaban J connectivity index is 1.31. The van der Waals surface area contributed by atoms with Crippen LogP contribution < -0.4 is 20.4 Å². The van der Waals surface area contributed by atoms with Crippen LogP contribution in [0.2, 0.25) is 0 Å². The van der Waals surface area contributed by atoms with Crippen LogP contribution in [0.3, 0.4) is 0 Å². The molecule has 0 bridgehead atoms. The molecule has 2 N–H and O–H groups in total. The van der Waals surface area contributed by atoms with Gasteiger partial charge in [-0.05, 0) is 75.1 Å². The van der Waals surface area contributed by atoms with Gasteiger partial charge >= 0.3 is 5.97 Å². The highest BCUT2D eigenvalue weighted by atomic mass is 16.6. The molecular weight excluding hydrogens is 971 g/mol. The van der Waals surface area contributed by atoms with Crippen molar-refractivity contribution in [3.05, 3.63) is 84.0 Å². The van der Waals surface area contributed by atoms with E-state index in [1.54, 1.807) is 74.9 Å². The third-order valence-corrected chi connectivity index (χ3v) is 14.9. The lowest BCUT2D eigenvalue weighted by atomic mass is 9.89. The Hall–Kier alpha value is -6.40. The fourth-order valence-electron chi connectivity index (χ4n) is 10.7. The summed E-state index contributed by atoms with van der Waals surface area (Å²) in [6.07, 6.45) is 6.82. The molecule has 0 aliphatic carbocycles. The molecule has 1 fully saturated rings. The number of benzene rings is 2. The molecule has 18 nitrogen and oxygen atoms in total. The number of anilines is 2. The van der Waals surface area contributed by atoms with Gasteiger partial charge in [0.25, 0.3) is 17.7 Å². The number of methoxy groups -OCH3 is 2. The van der Waals surface area contributed by atoms with E-state index in [2.05, 4.69) is 10.6 Å². The number of nitrogens with zero attached hydrogens (tertiary/aromatic N) is 5. The zero-order valence-corrected chi connectivity index (χ0v) is 47.2. The van der Waals surface area contributed by atoms with Crippen LogP contribution in [0.5, 0.6) is 0 Å². The van der Waals surface area contributed by atoms with Crippen molar-refractivity contribution >= 4 is 58.7 Å². The molecule has 0 saturated carbocycles.